The highest BCUT2D eigenvalue weighted by atomic mass is 19.4. The lowest BCUT2D eigenvalue weighted by Gasteiger charge is -2.13. The molecule has 26 heavy (non-hydrogen) atoms. The fraction of sp³-hybridized carbons (Fsp3) is 0.0556. The summed E-state index contributed by atoms with van der Waals surface area (Å²) in [5.41, 5.74) is 1.73. The second-order valence-corrected chi connectivity index (χ2v) is 5.15. The first-order chi connectivity index (χ1) is 12.4. The van der Waals surface area contributed by atoms with Gasteiger partial charge in [0, 0.05) is 6.08 Å². The number of fused-ring (bicyclic) bond motifs is 1. The molecule has 132 valence electrons. The summed E-state index contributed by atoms with van der Waals surface area (Å²) in [7, 11) is 0. The number of benzene rings is 2. The number of hydrogen-bond donors (Lipinski definition) is 1. The Morgan fingerprint density at radius 3 is 2.50 bits per heavy atom. The number of ether oxygens (including phenoxy) is 1. The zero-order valence-electron chi connectivity index (χ0n) is 13.2. The van der Waals surface area contributed by atoms with E-state index in [-0.39, 0.29) is 5.69 Å². The van der Waals surface area contributed by atoms with Gasteiger partial charge in [0.15, 0.2) is 5.75 Å². The highest BCUT2D eigenvalue weighted by molar-refractivity contribution is 6.02. The fourth-order valence-electron chi connectivity index (χ4n) is 2.17. The van der Waals surface area contributed by atoms with Crippen LogP contribution < -0.4 is 10.1 Å². The normalized spacial score (nSPS) is 11.7. The van der Waals surface area contributed by atoms with Crippen LogP contribution >= 0.6 is 0 Å². The van der Waals surface area contributed by atoms with Crippen molar-refractivity contribution in [1.29, 1.82) is 0 Å². The van der Waals surface area contributed by atoms with Crippen LogP contribution in [-0.2, 0) is 4.79 Å². The second-order valence-electron chi connectivity index (χ2n) is 5.15. The number of rotatable bonds is 4. The van der Waals surface area contributed by atoms with Gasteiger partial charge in [-0.05, 0) is 30.3 Å². The van der Waals surface area contributed by atoms with Crippen LogP contribution in [0, 0.1) is 0 Å². The Kier molecular flexibility index (Phi) is 4.83. The summed E-state index contributed by atoms with van der Waals surface area (Å²) in [6, 6.07) is 12.5. The van der Waals surface area contributed by atoms with Gasteiger partial charge in [-0.3, -0.25) is 9.78 Å². The number of carbonyl (C=O) groups excluding carboxylic acids is 1. The summed E-state index contributed by atoms with van der Waals surface area (Å²) in [4.78, 5) is 20.5. The monoisotopic (exact) mass is 359 g/mol. The molecule has 0 aliphatic carbocycles. The summed E-state index contributed by atoms with van der Waals surface area (Å²) in [5, 5.41) is 2.34. The number of halogens is 3. The third-order valence-electron chi connectivity index (χ3n) is 3.24. The summed E-state index contributed by atoms with van der Waals surface area (Å²) < 4.78 is 41.1. The molecule has 0 aliphatic heterocycles. The predicted molar refractivity (Wildman–Crippen MR) is 90.3 cm³/mol. The molecule has 0 bridgehead atoms. The molecule has 1 heterocycles. The Bertz CT molecular complexity index is 971. The van der Waals surface area contributed by atoms with Gasteiger partial charge in [-0.2, -0.15) is 0 Å². The zero-order chi connectivity index (χ0) is 18.6. The minimum Gasteiger partial charge on any atom is -0.404 e. The average molecular weight is 359 g/mol. The number of nitrogens with zero attached hydrogens (tertiary/aromatic N) is 2. The lowest BCUT2D eigenvalue weighted by Crippen LogP contribution is -2.19. The maximum absolute atomic E-state index is 12.4. The molecular weight excluding hydrogens is 347 g/mol. The van der Waals surface area contributed by atoms with Crippen LogP contribution in [0.1, 0.15) is 5.69 Å². The molecule has 0 saturated carbocycles. The van der Waals surface area contributed by atoms with Gasteiger partial charge < -0.3 is 10.1 Å². The lowest BCUT2D eigenvalue weighted by molar-refractivity contribution is -0.274. The quantitative estimate of drug-likeness (QED) is 0.710. The number of alkyl halides is 3. The van der Waals surface area contributed by atoms with Crippen LogP contribution in [0.3, 0.4) is 0 Å². The number of anilines is 1. The fourth-order valence-corrected chi connectivity index (χ4v) is 2.17. The topological polar surface area (TPSA) is 64.1 Å². The molecule has 3 aromatic rings. The molecule has 1 amide bonds. The van der Waals surface area contributed by atoms with Crippen molar-refractivity contribution >= 4 is 28.7 Å². The van der Waals surface area contributed by atoms with Crippen molar-refractivity contribution in [3.05, 3.63) is 66.5 Å². The number of nitrogens with one attached hydrogen (secondary N) is 1. The first kappa shape index (κ1) is 17.4. The molecular formula is C18H12F3N3O2. The van der Waals surface area contributed by atoms with Crippen molar-refractivity contribution in [2.24, 2.45) is 0 Å². The van der Waals surface area contributed by atoms with E-state index < -0.39 is 18.0 Å². The van der Waals surface area contributed by atoms with Crippen LogP contribution in [0.25, 0.3) is 17.1 Å². The number of aromatic nitrogens is 2. The standard InChI is InChI=1S/C18H12F3N3O2/c19-18(20,21)26-16-8-4-3-7-15(16)24-17(25)10-9-12-11-22-13-5-1-2-6-14(13)23-12/h1-11H,(H,24,25)/b10-9+. The van der Waals surface area contributed by atoms with E-state index in [1.807, 2.05) is 12.1 Å². The highest BCUT2D eigenvalue weighted by Gasteiger charge is 2.32. The van der Waals surface area contributed by atoms with Crippen molar-refractivity contribution in [1.82, 2.24) is 9.97 Å². The van der Waals surface area contributed by atoms with Crippen molar-refractivity contribution in [3.63, 3.8) is 0 Å². The van der Waals surface area contributed by atoms with Crippen LogP contribution in [-0.4, -0.2) is 22.2 Å². The molecule has 0 aliphatic rings. The van der Waals surface area contributed by atoms with E-state index in [1.54, 1.807) is 12.1 Å². The van der Waals surface area contributed by atoms with E-state index >= 15 is 0 Å². The van der Waals surface area contributed by atoms with Gasteiger partial charge in [0.2, 0.25) is 5.91 Å². The summed E-state index contributed by atoms with van der Waals surface area (Å²) in [5.74, 6) is -1.12. The van der Waals surface area contributed by atoms with Gasteiger partial charge in [0.25, 0.3) is 0 Å². The molecule has 1 N–H and O–H groups in total. The van der Waals surface area contributed by atoms with E-state index in [2.05, 4.69) is 20.0 Å². The second kappa shape index (κ2) is 7.22. The smallest absolute Gasteiger partial charge is 0.404 e. The molecule has 0 fully saturated rings. The van der Waals surface area contributed by atoms with Crippen LogP contribution in [0.15, 0.2) is 60.8 Å². The molecule has 1 aromatic heterocycles. The van der Waals surface area contributed by atoms with Crippen molar-refractivity contribution < 1.29 is 22.7 Å². The molecule has 0 atom stereocenters. The van der Waals surface area contributed by atoms with Crippen molar-refractivity contribution in [2.75, 3.05) is 5.32 Å². The molecule has 0 radical (unpaired) electrons. The first-order valence-electron chi connectivity index (χ1n) is 7.46. The third kappa shape index (κ3) is 4.56. The van der Waals surface area contributed by atoms with E-state index in [1.165, 1.54) is 30.5 Å². The molecule has 0 unspecified atom stereocenters. The molecule has 5 nitrogen and oxygen atoms in total. The first-order valence-corrected chi connectivity index (χ1v) is 7.46. The Morgan fingerprint density at radius 2 is 1.73 bits per heavy atom. The average Bonchev–Trinajstić information content (AvgIpc) is 2.60. The molecule has 8 heteroatoms. The van der Waals surface area contributed by atoms with Crippen molar-refractivity contribution in [2.45, 2.75) is 6.36 Å². The van der Waals surface area contributed by atoms with Gasteiger partial charge in [0.05, 0.1) is 28.6 Å². The number of hydrogen-bond acceptors (Lipinski definition) is 4. The van der Waals surface area contributed by atoms with Gasteiger partial charge >= 0.3 is 6.36 Å². The van der Waals surface area contributed by atoms with Crippen molar-refractivity contribution in [3.8, 4) is 5.75 Å². The van der Waals surface area contributed by atoms with E-state index in [0.29, 0.717) is 16.7 Å². The minimum absolute atomic E-state index is 0.0935. The summed E-state index contributed by atoms with van der Waals surface area (Å²) in [6.45, 7) is 0. The zero-order valence-corrected chi connectivity index (χ0v) is 13.2. The van der Waals surface area contributed by atoms with Gasteiger partial charge in [-0.15, -0.1) is 13.2 Å². The van der Waals surface area contributed by atoms with E-state index in [9.17, 15) is 18.0 Å². The highest BCUT2D eigenvalue weighted by Crippen LogP contribution is 2.29. The van der Waals surface area contributed by atoms with Crippen LogP contribution in [0.5, 0.6) is 5.75 Å². The van der Waals surface area contributed by atoms with Gasteiger partial charge in [-0.25, -0.2) is 4.98 Å². The van der Waals surface area contributed by atoms with Gasteiger partial charge in [-0.1, -0.05) is 24.3 Å². The van der Waals surface area contributed by atoms with E-state index in [4.69, 9.17) is 0 Å². The van der Waals surface area contributed by atoms with Crippen LogP contribution in [0.2, 0.25) is 0 Å². The number of para-hydroxylation sites is 4. The molecule has 0 spiro atoms. The van der Waals surface area contributed by atoms with E-state index in [0.717, 1.165) is 12.1 Å². The Morgan fingerprint density at radius 1 is 1.04 bits per heavy atom. The maximum atomic E-state index is 12.4. The Hall–Kier alpha value is -3.42. The number of amides is 1. The predicted octanol–water partition coefficient (Wildman–Crippen LogP) is 4.18. The SMILES string of the molecule is O=C(/C=C/c1cnc2ccccc2n1)Nc1ccccc1OC(F)(F)F. The lowest BCUT2D eigenvalue weighted by atomic mass is 10.2. The summed E-state index contributed by atoms with van der Waals surface area (Å²) in [6.07, 6.45) is -0.782. The molecule has 2 aromatic carbocycles. The van der Waals surface area contributed by atoms with Gasteiger partial charge in [0.1, 0.15) is 0 Å². The molecule has 0 saturated heterocycles. The summed E-state index contributed by atoms with van der Waals surface area (Å²) >= 11 is 0. The van der Waals surface area contributed by atoms with Crippen LogP contribution in [0.4, 0.5) is 18.9 Å². The largest absolute Gasteiger partial charge is 0.573 e. The third-order valence-corrected chi connectivity index (χ3v) is 3.24. The Balaban J connectivity index is 1.73. The number of carbonyl (C=O) groups is 1. The molecule has 3 rings (SSSR count). The maximum Gasteiger partial charge on any atom is 0.573 e. The minimum atomic E-state index is -4.85. The Labute approximate surface area is 146 Å².